The van der Waals surface area contributed by atoms with Gasteiger partial charge in [0.15, 0.2) is 11.6 Å². The van der Waals surface area contributed by atoms with E-state index < -0.39 is 17.5 Å². The average molecular weight is 232 g/mol. The van der Waals surface area contributed by atoms with Gasteiger partial charge in [-0.25, -0.2) is 13.2 Å². The Bertz CT molecular complexity index is 396. The average Bonchev–Trinajstić information content (AvgIpc) is 2.21. The van der Waals surface area contributed by atoms with Gasteiger partial charge in [0.25, 0.3) is 0 Å². The third-order valence-corrected chi connectivity index (χ3v) is 1.81. The van der Waals surface area contributed by atoms with Crippen LogP contribution < -0.4 is 10.6 Å². The molecule has 0 fully saturated rings. The largest absolute Gasteiger partial charge is 0.374 e. The van der Waals surface area contributed by atoms with Crippen LogP contribution in [-0.4, -0.2) is 19.0 Å². The first kappa shape index (κ1) is 12.4. The van der Waals surface area contributed by atoms with Crippen molar-refractivity contribution in [3.63, 3.8) is 0 Å². The van der Waals surface area contributed by atoms with E-state index in [1.165, 1.54) is 0 Å². The fraction of sp³-hybridized carbons (Fsp3) is 0.300. The van der Waals surface area contributed by atoms with Gasteiger partial charge in [0.05, 0.1) is 12.2 Å². The molecule has 1 aromatic carbocycles. The normalized spacial score (nSPS) is 10.0. The highest BCUT2D eigenvalue weighted by atomic mass is 19.2. The number of carbonyl (C=O) groups excluding carboxylic acids is 1. The maximum Gasteiger partial charge on any atom is 0.239 e. The standard InChI is InChI=1S/C10H11F3N2O/c1-2-14-9(16)5-15-8-4-6(11)3-7(12)10(8)13/h3-4,15H,2,5H2,1H3,(H,14,16). The fourth-order valence-corrected chi connectivity index (χ4v) is 1.12. The lowest BCUT2D eigenvalue weighted by Gasteiger charge is -2.08. The van der Waals surface area contributed by atoms with Crippen molar-refractivity contribution in [2.24, 2.45) is 0 Å². The number of anilines is 1. The number of hydrogen-bond acceptors (Lipinski definition) is 2. The van der Waals surface area contributed by atoms with Gasteiger partial charge in [0.2, 0.25) is 5.91 Å². The van der Waals surface area contributed by atoms with E-state index in [-0.39, 0.29) is 18.1 Å². The van der Waals surface area contributed by atoms with Gasteiger partial charge in [-0.2, -0.15) is 0 Å². The van der Waals surface area contributed by atoms with E-state index in [1.54, 1.807) is 6.92 Å². The molecule has 0 heterocycles. The van der Waals surface area contributed by atoms with E-state index >= 15 is 0 Å². The molecule has 0 saturated heterocycles. The van der Waals surface area contributed by atoms with Crippen molar-refractivity contribution in [2.45, 2.75) is 6.92 Å². The fourth-order valence-electron chi connectivity index (χ4n) is 1.12. The second kappa shape index (κ2) is 5.39. The Balaban J connectivity index is 2.70. The van der Waals surface area contributed by atoms with Crippen molar-refractivity contribution < 1.29 is 18.0 Å². The minimum absolute atomic E-state index is 0.242. The summed E-state index contributed by atoms with van der Waals surface area (Å²) in [4.78, 5) is 11.0. The minimum Gasteiger partial charge on any atom is -0.374 e. The van der Waals surface area contributed by atoms with E-state index in [1.807, 2.05) is 0 Å². The molecule has 6 heteroatoms. The highest BCUT2D eigenvalue weighted by Gasteiger charge is 2.11. The summed E-state index contributed by atoms with van der Waals surface area (Å²) in [5.41, 5.74) is -0.372. The number of likely N-dealkylation sites (N-methyl/N-ethyl adjacent to an activating group) is 1. The number of halogens is 3. The van der Waals surface area contributed by atoms with Crippen LogP contribution in [0.4, 0.5) is 18.9 Å². The first-order valence-electron chi connectivity index (χ1n) is 4.69. The van der Waals surface area contributed by atoms with Crippen LogP contribution in [0.3, 0.4) is 0 Å². The molecule has 0 aromatic heterocycles. The lowest BCUT2D eigenvalue weighted by atomic mass is 10.3. The topological polar surface area (TPSA) is 41.1 Å². The SMILES string of the molecule is CCNC(=O)CNc1cc(F)cc(F)c1F. The molecule has 0 atom stereocenters. The molecule has 16 heavy (non-hydrogen) atoms. The molecule has 88 valence electrons. The minimum atomic E-state index is -1.29. The predicted octanol–water partition coefficient (Wildman–Crippen LogP) is 1.65. The quantitative estimate of drug-likeness (QED) is 0.775. The molecular formula is C10H11F3N2O. The van der Waals surface area contributed by atoms with Crippen LogP contribution in [-0.2, 0) is 4.79 Å². The molecule has 0 radical (unpaired) electrons. The highest BCUT2D eigenvalue weighted by molar-refractivity contribution is 5.80. The summed E-state index contributed by atoms with van der Waals surface area (Å²) in [5, 5.41) is 4.77. The van der Waals surface area contributed by atoms with E-state index in [0.29, 0.717) is 12.6 Å². The smallest absolute Gasteiger partial charge is 0.239 e. The van der Waals surface area contributed by atoms with Crippen molar-refractivity contribution in [3.05, 3.63) is 29.6 Å². The van der Waals surface area contributed by atoms with Crippen molar-refractivity contribution >= 4 is 11.6 Å². The third-order valence-electron chi connectivity index (χ3n) is 1.81. The van der Waals surface area contributed by atoms with Gasteiger partial charge in [-0.05, 0) is 6.92 Å². The van der Waals surface area contributed by atoms with Gasteiger partial charge in [-0.1, -0.05) is 0 Å². The van der Waals surface area contributed by atoms with Gasteiger partial charge in [-0.15, -0.1) is 0 Å². The van der Waals surface area contributed by atoms with E-state index in [9.17, 15) is 18.0 Å². The first-order valence-corrected chi connectivity index (χ1v) is 4.69. The predicted molar refractivity (Wildman–Crippen MR) is 53.5 cm³/mol. The van der Waals surface area contributed by atoms with Crippen molar-refractivity contribution in [2.75, 3.05) is 18.4 Å². The molecule has 0 saturated carbocycles. The van der Waals surface area contributed by atoms with Crippen LogP contribution in [0.1, 0.15) is 6.92 Å². The Kier molecular flexibility index (Phi) is 4.16. The van der Waals surface area contributed by atoms with Crippen LogP contribution in [0.2, 0.25) is 0 Å². The Hall–Kier alpha value is -1.72. The second-order valence-electron chi connectivity index (χ2n) is 3.06. The maximum atomic E-state index is 13.1. The maximum absolute atomic E-state index is 13.1. The van der Waals surface area contributed by atoms with Gasteiger partial charge in [-0.3, -0.25) is 4.79 Å². The van der Waals surface area contributed by atoms with Gasteiger partial charge >= 0.3 is 0 Å². The first-order chi connectivity index (χ1) is 7.54. The Morgan fingerprint density at radius 3 is 2.62 bits per heavy atom. The van der Waals surface area contributed by atoms with Gasteiger partial charge < -0.3 is 10.6 Å². The Morgan fingerprint density at radius 1 is 1.31 bits per heavy atom. The molecular weight excluding hydrogens is 221 g/mol. The van der Waals surface area contributed by atoms with E-state index in [2.05, 4.69) is 10.6 Å². The van der Waals surface area contributed by atoms with Gasteiger partial charge in [0, 0.05) is 18.7 Å². The highest BCUT2D eigenvalue weighted by Crippen LogP contribution is 2.18. The summed E-state index contributed by atoms with van der Waals surface area (Å²) < 4.78 is 38.6. The molecule has 0 unspecified atom stereocenters. The molecule has 2 N–H and O–H groups in total. The molecule has 0 spiro atoms. The van der Waals surface area contributed by atoms with Gasteiger partial charge in [0.1, 0.15) is 5.82 Å². The van der Waals surface area contributed by atoms with Crippen molar-refractivity contribution in [3.8, 4) is 0 Å². The molecule has 0 bridgehead atoms. The van der Waals surface area contributed by atoms with Crippen LogP contribution >= 0.6 is 0 Å². The third kappa shape index (κ3) is 3.15. The number of hydrogen-bond donors (Lipinski definition) is 2. The number of amides is 1. The summed E-state index contributed by atoms with van der Waals surface area (Å²) in [5.74, 6) is -3.78. The van der Waals surface area contributed by atoms with Crippen LogP contribution in [0, 0.1) is 17.5 Å². The van der Waals surface area contributed by atoms with Crippen molar-refractivity contribution in [1.82, 2.24) is 5.32 Å². The monoisotopic (exact) mass is 232 g/mol. The van der Waals surface area contributed by atoms with Crippen LogP contribution in [0.15, 0.2) is 12.1 Å². The zero-order chi connectivity index (χ0) is 12.1. The number of nitrogens with one attached hydrogen (secondary N) is 2. The molecule has 1 rings (SSSR count). The summed E-state index contributed by atoms with van der Waals surface area (Å²) in [6.45, 7) is 1.91. The molecule has 1 amide bonds. The molecule has 1 aromatic rings. The summed E-state index contributed by atoms with van der Waals surface area (Å²) in [6.07, 6.45) is 0. The Labute approximate surface area is 90.6 Å². The Morgan fingerprint density at radius 2 is 2.00 bits per heavy atom. The molecule has 3 nitrogen and oxygen atoms in total. The van der Waals surface area contributed by atoms with E-state index in [0.717, 1.165) is 6.07 Å². The summed E-state index contributed by atoms with van der Waals surface area (Å²) >= 11 is 0. The lowest BCUT2D eigenvalue weighted by Crippen LogP contribution is -2.29. The summed E-state index contributed by atoms with van der Waals surface area (Å²) in [6, 6.07) is 1.23. The zero-order valence-corrected chi connectivity index (χ0v) is 8.61. The number of carbonyl (C=O) groups is 1. The van der Waals surface area contributed by atoms with E-state index in [4.69, 9.17) is 0 Å². The summed E-state index contributed by atoms with van der Waals surface area (Å²) in [7, 11) is 0. The van der Waals surface area contributed by atoms with Crippen LogP contribution in [0.5, 0.6) is 0 Å². The second-order valence-corrected chi connectivity index (χ2v) is 3.06. The van der Waals surface area contributed by atoms with Crippen molar-refractivity contribution in [1.29, 1.82) is 0 Å². The lowest BCUT2D eigenvalue weighted by molar-refractivity contribution is -0.119. The zero-order valence-electron chi connectivity index (χ0n) is 8.61. The van der Waals surface area contributed by atoms with Crippen LogP contribution in [0.25, 0.3) is 0 Å². The molecule has 0 aliphatic rings. The number of benzene rings is 1. The molecule has 0 aliphatic carbocycles. The number of rotatable bonds is 4. The molecule has 0 aliphatic heterocycles.